The number of benzene rings is 1. The number of diazo groups is 1. The lowest BCUT2D eigenvalue weighted by Gasteiger charge is -1.98. The van der Waals surface area contributed by atoms with E-state index in [2.05, 4.69) is 4.98 Å². The molecule has 0 fully saturated rings. The fourth-order valence-electron chi connectivity index (χ4n) is 0.811. The van der Waals surface area contributed by atoms with Crippen molar-refractivity contribution in [3.63, 3.8) is 0 Å². The van der Waals surface area contributed by atoms with Crippen molar-refractivity contribution in [1.29, 1.82) is 5.39 Å². The predicted octanol–water partition coefficient (Wildman–Crippen LogP) is 1.12. The van der Waals surface area contributed by atoms with Gasteiger partial charge in [-0.25, -0.2) is 0 Å². The second kappa shape index (κ2) is 4.04. The first-order valence-corrected chi connectivity index (χ1v) is 4.99. The normalized spacial score (nSPS) is 10.6. The summed E-state index contributed by atoms with van der Waals surface area (Å²) in [6, 6.07) is 5.05. The van der Waals surface area contributed by atoms with Gasteiger partial charge in [-0.15, -0.1) is 0 Å². The second-order valence-electron chi connectivity index (χ2n) is 2.36. The largest absolute Gasteiger partial charge is 0.447 e. The molecule has 74 valence electrons. The molecular formula is C7H7N2O4S+. The minimum atomic E-state index is -4.17. The molecule has 0 unspecified atom stereocenters. The summed E-state index contributed by atoms with van der Waals surface area (Å²) in [5.74, 6) is 0.343. The van der Waals surface area contributed by atoms with E-state index >= 15 is 0 Å². The van der Waals surface area contributed by atoms with E-state index in [9.17, 15) is 8.42 Å². The monoisotopic (exact) mass is 215 g/mol. The van der Waals surface area contributed by atoms with E-state index in [0.29, 0.717) is 5.75 Å². The summed E-state index contributed by atoms with van der Waals surface area (Å²) >= 11 is 0. The van der Waals surface area contributed by atoms with E-state index in [-0.39, 0.29) is 11.6 Å². The summed E-state index contributed by atoms with van der Waals surface area (Å²) in [4.78, 5) is 2.50. The molecule has 0 atom stereocenters. The highest BCUT2D eigenvalue weighted by atomic mass is 32.2. The van der Waals surface area contributed by atoms with Gasteiger partial charge in [0.1, 0.15) is 5.75 Å². The van der Waals surface area contributed by atoms with Crippen LogP contribution in [0.3, 0.4) is 0 Å². The van der Waals surface area contributed by atoms with Crippen molar-refractivity contribution in [3.8, 4) is 5.75 Å². The standard InChI is InChI=1S/C7H6N2O4S/c8-9-5-13-6-1-3-7(4-2-6)14(10,11)12/h1-4H,5H2/p+1. The Labute approximate surface area is 80.5 Å². The third-order valence-electron chi connectivity index (χ3n) is 1.41. The molecule has 0 saturated carbocycles. The van der Waals surface area contributed by atoms with Crippen LogP contribution in [0.5, 0.6) is 5.75 Å². The van der Waals surface area contributed by atoms with Crippen LogP contribution in [0.4, 0.5) is 0 Å². The highest BCUT2D eigenvalue weighted by Crippen LogP contribution is 2.15. The molecule has 1 aromatic rings. The van der Waals surface area contributed by atoms with Crippen molar-refractivity contribution in [2.75, 3.05) is 6.73 Å². The van der Waals surface area contributed by atoms with Crippen molar-refractivity contribution in [1.82, 2.24) is 0 Å². The van der Waals surface area contributed by atoms with Crippen LogP contribution in [0.25, 0.3) is 4.98 Å². The van der Waals surface area contributed by atoms with Gasteiger partial charge in [0.2, 0.25) is 5.39 Å². The molecule has 0 aliphatic heterocycles. The van der Waals surface area contributed by atoms with Crippen LogP contribution < -0.4 is 4.74 Å². The Morgan fingerprint density at radius 3 is 2.36 bits per heavy atom. The van der Waals surface area contributed by atoms with Crippen LogP contribution in [0, 0.1) is 5.39 Å². The predicted molar refractivity (Wildman–Crippen MR) is 46.8 cm³/mol. The third kappa shape index (κ3) is 2.69. The zero-order valence-corrected chi connectivity index (χ0v) is 7.81. The Kier molecular flexibility index (Phi) is 3.01. The lowest BCUT2D eigenvalue weighted by atomic mass is 10.3. The van der Waals surface area contributed by atoms with Crippen LogP contribution in [0.2, 0.25) is 0 Å². The van der Waals surface area contributed by atoms with Gasteiger partial charge in [0, 0.05) is 0 Å². The van der Waals surface area contributed by atoms with Gasteiger partial charge in [-0.2, -0.15) is 8.42 Å². The second-order valence-corrected chi connectivity index (χ2v) is 3.78. The Bertz CT molecular complexity index is 446. The molecule has 0 aromatic heterocycles. The van der Waals surface area contributed by atoms with Crippen LogP contribution in [-0.4, -0.2) is 19.7 Å². The molecular weight excluding hydrogens is 208 g/mol. The van der Waals surface area contributed by atoms with Gasteiger partial charge < -0.3 is 4.74 Å². The zero-order valence-electron chi connectivity index (χ0n) is 6.99. The molecule has 1 aromatic carbocycles. The summed E-state index contributed by atoms with van der Waals surface area (Å²) in [6.07, 6.45) is 0. The Morgan fingerprint density at radius 1 is 1.36 bits per heavy atom. The molecule has 0 heterocycles. The van der Waals surface area contributed by atoms with E-state index in [1.54, 1.807) is 0 Å². The number of hydrogen-bond acceptors (Lipinski definition) is 4. The van der Waals surface area contributed by atoms with Gasteiger partial charge >= 0.3 is 6.73 Å². The van der Waals surface area contributed by atoms with Crippen molar-refractivity contribution in [3.05, 3.63) is 29.2 Å². The van der Waals surface area contributed by atoms with E-state index in [4.69, 9.17) is 14.7 Å². The maximum Gasteiger partial charge on any atom is 0.447 e. The number of hydrogen-bond donors (Lipinski definition) is 1. The molecule has 0 spiro atoms. The van der Waals surface area contributed by atoms with Gasteiger partial charge in [0.15, 0.2) is 4.98 Å². The zero-order chi connectivity index (χ0) is 10.6. The summed E-state index contributed by atoms with van der Waals surface area (Å²) in [5.41, 5.74) is 0. The molecule has 0 amide bonds. The highest BCUT2D eigenvalue weighted by molar-refractivity contribution is 7.85. The fraction of sp³-hybridized carbons (Fsp3) is 0.143. The van der Waals surface area contributed by atoms with Gasteiger partial charge in [-0.1, -0.05) is 0 Å². The highest BCUT2D eigenvalue weighted by Gasteiger charge is 2.08. The summed E-state index contributed by atoms with van der Waals surface area (Å²) in [7, 11) is -4.17. The topological polar surface area (TPSA) is 91.8 Å². The first-order chi connectivity index (χ1) is 6.54. The minimum absolute atomic E-state index is 0.217. The van der Waals surface area contributed by atoms with Gasteiger partial charge in [-0.05, 0) is 24.3 Å². The van der Waals surface area contributed by atoms with Crippen molar-refractivity contribution in [2.45, 2.75) is 4.90 Å². The Balaban J connectivity index is 2.86. The van der Waals surface area contributed by atoms with Crippen LogP contribution >= 0.6 is 0 Å². The maximum atomic E-state index is 10.6. The van der Waals surface area contributed by atoms with E-state index < -0.39 is 10.1 Å². The molecule has 0 aliphatic carbocycles. The molecule has 0 radical (unpaired) electrons. The fourth-order valence-corrected chi connectivity index (χ4v) is 1.29. The van der Waals surface area contributed by atoms with E-state index in [1.807, 2.05) is 0 Å². The van der Waals surface area contributed by atoms with E-state index in [0.717, 1.165) is 0 Å². The van der Waals surface area contributed by atoms with Gasteiger partial charge in [-0.3, -0.25) is 4.55 Å². The maximum absolute atomic E-state index is 10.6. The summed E-state index contributed by atoms with van der Waals surface area (Å²) < 4.78 is 34.7. The van der Waals surface area contributed by atoms with Crippen LogP contribution in [-0.2, 0) is 10.1 Å². The van der Waals surface area contributed by atoms with E-state index in [1.165, 1.54) is 24.3 Å². The molecule has 7 heteroatoms. The van der Waals surface area contributed by atoms with Crippen molar-refractivity contribution >= 4 is 10.1 Å². The SMILES string of the molecule is N#[N+]COc1ccc(S(=O)(=O)O)cc1. The van der Waals surface area contributed by atoms with Crippen LogP contribution in [0.15, 0.2) is 29.2 Å². The minimum Gasteiger partial charge on any atom is -0.420 e. The number of rotatable bonds is 3. The Morgan fingerprint density at radius 2 is 1.93 bits per heavy atom. The lowest BCUT2D eigenvalue weighted by molar-refractivity contribution is 0.358. The number of ether oxygens (including phenoxy) is 1. The van der Waals surface area contributed by atoms with Crippen molar-refractivity contribution < 1.29 is 17.7 Å². The van der Waals surface area contributed by atoms with Gasteiger partial charge in [0.05, 0.1) is 4.90 Å². The smallest absolute Gasteiger partial charge is 0.420 e. The molecule has 0 saturated heterocycles. The first-order valence-electron chi connectivity index (χ1n) is 3.55. The van der Waals surface area contributed by atoms with Gasteiger partial charge in [0.25, 0.3) is 10.1 Å². The van der Waals surface area contributed by atoms with Crippen molar-refractivity contribution in [2.24, 2.45) is 0 Å². The number of nitrogens with zero attached hydrogens (tertiary/aromatic N) is 2. The summed E-state index contributed by atoms with van der Waals surface area (Å²) in [6.45, 7) is -0.231. The molecule has 0 aliphatic rings. The van der Waals surface area contributed by atoms with Crippen LogP contribution in [0.1, 0.15) is 0 Å². The Hall–Kier alpha value is -1.65. The molecule has 0 bridgehead atoms. The molecule has 6 nitrogen and oxygen atoms in total. The quantitative estimate of drug-likeness (QED) is 0.602. The molecule has 1 N–H and O–H groups in total. The first kappa shape index (κ1) is 10.4. The average molecular weight is 215 g/mol. The molecule has 1 rings (SSSR count). The summed E-state index contributed by atoms with van der Waals surface area (Å²) in [5, 5.41) is 8.08. The average Bonchev–Trinajstić information content (AvgIpc) is 2.14. The lowest BCUT2D eigenvalue weighted by Crippen LogP contribution is -1.98. The molecule has 14 heavy (non-hydrogen) atoms. The third-order valence-corrected chi connectivity index (χ3v) is 2.28.